The lowest BCUT2D eigenvalue weighted by Gasteiger charge is -2.39. The number of hydrogen-bond donors (Lipinski definition) is 1. The first-order valence-electron chi connectivity index (χ1n) is 5.35. The summed E-state index contributed by atoms with van der Waals surface area (Å²) >= 11 is 0. The maximum absolute atomic E-state index is 10.5. The summed E-state index contributed by atoms with van der Waals surface area (Å²) in [6.45, 7) is 6.12. The Balaban J connectivity index is 2.25. The van der Waals surface area contributed by atoms with Gasteiger partial charge in [0, 0.05) is 6.42 Å². The first-order chi connectivity index (χ1) is 6.83. The second-order valence-corrected chi connectivity index (χ2v) is 5.38. The molecule has 15 heavy (non-hydrogen) atoms. The molecule has 2 aliphatic rings. The first kappa shape index (κ1) is 10.9. The number of carbonyl (C=O) groups excluding carboxylic acids is 1. The highest BCUT2D eigenvalue weighted by molar-refractivity contribution is 5.39. The van der Waals surface area contributed by atoms with E-state index in [1.54, 1.807) is 0 Å². The SMILES string of the molecule is CC1(OC=O)CCC2(O)CC1OC2(C)C. The van der Waals surface area contributed by atoms with Crippen molar-refractivity contribution in [1.29, 1.82) is 0 Å². The average molecular weight is 214 g/mol. The third-order valence-electron chi connectivity index (χ3n) is 4.11. The maximum atomic E-state index is 10.5. The molecule has 0 aromatic heterocycles. The predicted octanol–water partition coefficient (Wildman–Crippen LogP) is 1.01. The number of ether oxygens (including phenoxy) is 2. The molecule has 0 aromatic carbocycles. The van der Waals surface area contributed by atoms with Crippen LogP contribution in [0.15, 0.2) is 0 Å². The van der Waals surface area contributed by atoms with Gasteiger partial charge in [-0.15, -0.1) is 0 Å². The third kappa shape index (κ3) is 1.39. The molecule has 2 rings (SSSR count). The fourth-order valence-electron chi connectivity index (χ4n) is 2.66. The second kappa shape index (κ2) is 2.95. The van der Waals surface area contributed by atoms with Crippen molar-refractivity contribution in [2.45, 2.75) is 62.9 Å². The van der Waals surface area contributed by atoms with Crippen molar-refractivity contribution in [3.63, 3.8) is 0 Å². The number of fused-ring (bicyclic) bond motifs is 2. The van der Waals surface area contributed by atoms with Gasteiger partial charge in [0.15, 0.2) is 0 Å². The molecule has 1 N–H and O–H groups in total. The molecule has 1 heterocycles. The lowest BCUT2D eigenvalue weighted by atomic mass is 9.72. The average Bonchev–Trinajstić information content (AvgIpc) is 2.32. The molecule has 4 nitrogen and oxygen atoms in total. The van der Waals surface area contributed by atoms with Crippen molar-refractivity contribution < 1.29 is 19.4 Å². The summed E-state index contributed by atoms with van der Waals surface area (Å²) in [6, 6.07) is 0. The predicted molar refractivity (Wildman–Crippen MR) is 53.3 cm³/mol. The van der Waals surface area contributed by atoms with Crippen LogP contribution in [-0.2, 0) is 14.3 Å². The molecule has 1 aliphatic heterocycles. The van der Waals surface area contributed by atoms with Crippen LogP contribution < -0.4 is 0 Å². The molecule has 2 bridgehead atoms. The van der Waals surface area contributed by atoms with Gasteiger partial charge in [-0.1, -0.05) is 0 Å². The number of carbonyl (C=O) groups is 1. The quantitative estimate of drug-likeness (QED) is 0.697. The van der Waals surface area contributed by atoms with E-state index in [4.69, 9.17) is 9.47 Å². The van der Waals surface area contributed by atoms with Crippen LogP contribution in [0.5, 0.6) is 0 Å². The van der Waals surface area contributed by atoms with Crippen LogP contribution in [0.1, 0.15) is 40.0 Å². The van der Waals surface area contributed by atoms with Crippen LogP contribution in [0, 0.1) is 0 Å². The minimum absolute atomic E-state index is 0.198. The van der Waals surface area contributed by atoms with Crippen LogP contribution in [0.4, 0.5) is 0 Å². The van der Waals surface area contributed by atoms with E-state index in [0.29, 0.717) is 25.7 Å². The maximum Gasteiger partial charge on any atom is 0.293 e. The van der Waals surface area contributed by atoms with Crippen molar-refractivity contribution in [2.24, 2.45) is 0 Å². The van der Waals surface area contributed by atoms with Crippen molar-refractivity contribution in [1.82, 2.24) is 0 Å². The minimum Gasteiger partial charge on any atom is -0.459 e. The highest BCUT2D eigenvalue weighted by Gasteiger charge is 2.62. The van der Waals surface area contributed by atoms with Gasteiger partial charge in [-0.25, -0.2) is 0 Å². The molecule has 3 unspecified atom stereocenters. The Kier molecular flexibility index (Phi) is 2.14. The van der Waals surface area contributed by atoms with E-state index in [1.165, 1.54) is 0 Å². The highest BCUT2D eigenvalue weighted by atomic mass is 16.6. The Hall–Kier alpha value is -0.610. The zero-order valence-electron chi connectivity index (χ0n) is 9.45. The molecule has 0 amide bonds. The standard InChI is InChI=1S/C11H18O4/c1-9(2)11(13)5-4-10(3,14-7-12)8(6-11)15-9/h7-8,13H,4-6H2,1-3H3. The molecular formula is C11H18O4. The van der Waals surface area contributed by atoms with Crippen LogP contribution in [0.25, 0.3) is 0 Å². The van der Waals surface area contributed by atoms with Crippen LogP contribution in [0.2, 0.25) is 0 Å². The largest absolute Gasteiger partial charge is 0.459 e. The van der Waals surface area contributed by atoms with Gasteiger partial charge in [0.1, 0.15) is 11.7 Å². The fraction of sp³-hybridized carbons (Fsp3) is 0.909. The summed E-state index contributed by atoms with van der Waals surface area (Å²) in [4.78, 5) is 10.5. The van der Waals surface area contributed by atoms with E-state index in [0.717, 1.165) is 0 Å². The molecule has 1 saturated heterocycles. The number of hydrogen-bond acceptors (Lipinski definition) is 4. The molecule has 86 valence electrons. The monoisotopic (exact) mass is 214 g/mol. The molecule has 2 fully saturated rings. The smallest absolute Gasteiger partial charge is 0.293 e. The summed E-state index contributed by atoms with van der Waals surface area (Å²) < 4.78 is 10.9. The van der Waals surface area contributed by atoms with Gasteiger partial charge >= 0.3 is 0 Å². The summed E-state index contributed by atoms with van der Waals surface area (Å²) in [5.41, 5.74) is -1.91. The van der Waals surface area contributed by atoms with Gasteiger partial charge < -0.3 is 14.6 Å². The van der Waals surface area contributed by atoms with E-state index in [9.17, 15) is 9.90 Å². The zero-order valence-corrected chi connectivity index (χ0v) is 9.45. The van der Waals surface area contributed by atoms with Crippen LogP contribution in [-0.4, -0.2) is 34.5 Å². The van der Waals surface area contributed by atoms with Crippen molar-refractivity contribution in [3.05, 3.63) is 0 Å². The van der Waals surface area contributed by atoms with Crippen molar-refractivity contribution >= 4 is 6.47 Å². The second-order valence-electron chi connectivity index (χ2n) is 5.38. The van der Waals surface area contributed by atoms with Gasteiger partial charge in [0.2, 0.25) is 0 Å². The lowest BCUT2D eigenvalue weighted by molar-refractivity contribution is -0.164. The van der Waals surface area contributed by atoms with Crippen molar-refractivity contribution in [3.8, 4) is 0 Å². The highest BCUT2D eigenvalue weighted by Crippen LogP contribution is 2.51. The third-order valence-corrected chi connectivity index (χ3v) is 4.11. The Morgan fingerprint density at radius 2 is 2.07 bits per heavy atom. The van der Waals surface area contributed by atoms with Gasteiger partial charge in [-0.3, -0.25) is 4.79 Å². The molecule has 0 spiro atoms. The normalized spacial score (nSPS) is 47.6. The molecule has 0 aromatic rings. The Morgan fingerprint density at radius 1 is 1.40 bits per heavy atom. The summed E-state index contributed by atoms with van der Waals surface area (Å²) in [6.07, 6.45) is 1.61. The number of rotatable bonds is 2. The Bertz CT molecular complexity index is 286. The summed E-state index contributed by atoms with van der Waals surface area (Å²) in [7, 11) is 0. The first-order valence-corrected chi connectivity index (χ1v) is 5.35. The minimum atomic E-state index is -0.774. The van der Waals surface area contributed by atoms with E-state index in [-0.39, 0.29) is 6.10 Å². The summed E-state index contributed by atoms with van der Waals surface area (Å²) in [5, 5.41) is 10.4. The van der Waals surface area contributed by atoms with E-state index < -0.39 is 16.8 Å². The molecule has 3 atom stereocenters. The topological polar surface area (TPSA) is 55.8 Å². The Morgan fingerprint density at radius 3 is 2.67 bits per heavy atom. The Labute approximate surface area is 89.6 Å². The van der Waals surface area contributed by atoms with Crippen LogP contribution in [0.3, 0.4) is 0 Å². The van der Waals surface area contributed by atoms with Gasteiger partial charge in [0.05, 0.1) is 11.2 Å². The van der Waals surface area contributed by atoms with E-state index in [1.807, 2.05) is 20.8 Å². The number of aliphatic hydroxyl groups is 1. The zero-order chi connectivity index (χ0) is 11.3. The molecular weight excluding hydrogens is 196 g/mol. The van der Waals surface area contributed by atoms with Gasteiger partial charge in [0.25, 0.3) is 6.47 Å². The van der Waals surface area contributed by atoms with Gasteiger partial charge in [-0.2, -0.15) is 0 Å². The molecule has 1 aliphatic carbocycles. The van der Waals surface area contributed by atoms with E-state index in [2.05, 4.69) is 0 Å². The van der Waals surface area contributed by atoms with Crippen LogP contribution >= 0.6 is 0 Å². The molecule has 0 radical (unpaired) electrons. The van der Waals surface area contributed by atoms with Crippen molar-refractivity contribution in [2.75, 3.05) is 0 Å². The fourth-order valence-corrected chi connectivity index (χ4v) is 2.66. The van der Waals surface area contributed by atoms with E-state index >= 15 is 0 Å². The van der Waals surface area contributed by atoms with Gasteiger partial charge in [-0.05, 0) is 33.6 Å². The molecule has 1 saturated carbocycles. The summed E-state index contributed by atoms with van der Waals surface area (Å²) in [5.74, 6) is 0. The molecule has 4 heteroatoms. The lowest BCUT2D eigenvalue weighted by Crippen LogP contribution is -2.50.